The molecule has 5 nitrogen and oxygen atoms in total. The third-order valence-electron chi connectivity index (χ3n) is 2.34. The van der Waals surface area contributed by atoms with Crippen molar-refractivity contribution >= 4 is 23.6 Å². The number of benzene rings is 1. The molecule has 0 bridgehead atoms. The van der Waals surface area contributed by atoms with Crippen molar-refractivity contribution in [2.45, 2.75) is 19.8 Å². The lowest BCUT2D eigenvalue weighted by molar-refractivity contribution is -0.119. The number of rotatable bonds is 6. The van der Waals surface area contributed by atoms with E-state index in [0.29, 0.717) is 5.75 Å². The van der Waals surface area contributed by atoms with E-state index in [4.69, 9.17) is 0 Å². The zero-order valence-electron chi connectivity index (χ0n) is 10.8. The standard InChI is InChI=1S/C13H18N2O3S/c1-2-3-8-19-9-12(17)14-15-13(18)10-6-4-5-7-11(10)16/h4-7,16H,2-3,8-9H2,1H3,(H,14,17)(H,15,18). The first-order chi connectivity index (χ1) is 9.15. The Morgan fingerprint density at radius 3 is 2.68 bits per heavy atom. The number of carbonyl (C=O) groups excluding carboxylic acids is 2. The maximum Gasteiger partial charge on any atom is 0.273 e. The van der Waals surface area contributed by atoms with Crippen LogP contribution in [0.3, 0.4) is 0 Å². The molecular weight excluding hydrogens is 264 g/mol. The molecule has 0 heterocycles. The van der Waals surface area contributed by atoms with Crippen molar-refractivity contribution in [2.24, 2.45) is 0 Å². The summed E-state index contributed by atoms with van der Waals surface area (Å²) < 4.78 is 0. The molecule has 104 valence electrons. The number of hydrogen-bond donors (Lipinski definition) is 3. The molecule has 0 aliphatic heterocycles. The van der Waals surface area contributed by atoms with Crippen LogP contribution in [0.25, 0.3) is 0 Å². The molecule has 19 heavy (non-hydrogen) atoms. The normalized spacial score (nSPS) is 9.95. The highest BCUT2D eigenvalue weighted by Gasteiger charge is 2.10. The molecule has 2 amide bonds. The number of para-hydroxylation sites is 1. The SMILES string of the molecule is CCCCSCC(=O)NNC(=O)c1ccccc1O. The molecule has 1 aromatic carbocycles. The summed E-state index contributed by atoms with van der Waals surface area (Å²) in [4.78, 5) is 23.1. The Labute approximate surface area is 116 Å². The lowest BCUT2D eigenvalue weighted by Gasteiger charge is -2.08. The van der Waals surface area contributed by atoms with E-state index in [1.807, 2.05) is 0 Å². The van der Waals surface area contributed by atoms with Crippen LogP contribution in [-0.2, 0) is 4.79 Å². The summed E-state index contributed by atoms with van der Waals surface area (Å²) in [5.74, 6) is 0.319. The molecule has 0 saturated heterocycles. The predicted molar refractivity (Wildman–Crippen MR) is 75.9 cm³/mol. The number of hydrogen-bond acceptors (Lipinski definition) is 4. The molecule has 0 aromatic heterocycles. The minimum atomic E-state index is -0.537. The average Bonchev–Trinajstić information content (AvgIpc) is 2.41. The fourth-order valence-corrected chi connectivity index (χ4v) is 2.20. The van der Waals surface area contributed by atoms with E-state index in [2.05, 4.69) is 17.8 Å². The fourth-order valence-electron chi connectivity index (χ4n) is 1.31. The Hall–Kier alpha value is -1.69. The number of phenolic OH excluding ortho intramolecular Hbond substituents is 1. The lowest BCUT2D eigenvalue weighted by atomic mass is 10.2. The van der Waals surface area contributed by atoms with Gasteiger partial charge in [-0.25, -0.2) is 0 Å². The second-order valence-electron chi connectivity index (χ2n) is 3.93. The third-order valence-corrected chi connectivity index (χ3v) is 3.38. The molecule has 0 spiro atoms. The predicted octanol–water partition coefficient (Wildman–Crippen LogP) is 1.69. The highest BCUT2D eigenvalue weighted by molar-refractivity contribution is 7.99. The molecule has 0 aliphatic rings. The summed E-state index contributed by atoms with van der Waals surface area (Å²) in [6.07, 6.45) is 2.17. The van der Waals surface area contributed by atoms with Crippen LogP contribution in [0.2, 0.25) is 0 Å². The summed E-state index contributed by atoms with van der Waals surface area (Å²) in [5.41, 5.74) is 4.71. The van der Waals surface area contributed by atoms with Crippen LogP contribution in [0.4, 0.5) is 0 Å². The first kappa shape index (κ1) is 15.4. The van der Waals surface area contributed by atoms with Gasteiger partial charge in [0.25, 0.3) is 5.91 Å². The fraction of sp³-hybridized carbons (Fsp3) is 0.385. The second-order valence-corrected chi connectivity index (χ2v) is 5.03. The highest BCUT2D eigenvalue weighted by Crippen LogP contribution is 2.14. The van der Waals surface area contributed by atoms with Gasteiger partial charge in [0.05, 0.1) is 11.3 Å². The van der Waals surface area contributed by atoms with E-state index in [1.165, 1.54) is 23.9 Å². The summed E-state index contributed by atoms with van der Waals surface area (Å²) >= 11 is 1.52. The number of carbonyl (C=O) groups is 2. The van der Waals surface area contributed by atoms with Crippen molar-refractivity contribution in [3.8, 4) is 5.75 Å². The molecule has 0 aliphatic carbocycles. The van der Waals surface area contributed by atoms with Crippen LogP contribution in [0.15, 0.2) is 24.3 Å². The van der Waals surface area contributed by atoms with Crippen LogP contribution in [0, 0.1) is 0 Å². The molecule has 0 saturated carbocycles. The van der Waals surface area contributed by atoms with Gasteiger partial charge in [-0.05, 0) is 24.3 Å². The number of amides is 2. The Balaban J connectivity index is 2.30. The number of nitrogens with one attached hydrogen (secondary N) is 2. The van der Waals surface area contributed by atoms with E-state index in [1.54, 1.807) is 12.1 Å². The van der Waals surface area contributed by atoms with Crippen LogP contribution < -0.4 is 10.9 Å². The largest absolute Gasteiger partial charge is 0.507 e. The number of hydrazine groups is 1. The molecular formula is C13H18N2O3S. The van der Waals surface area contributed by atoms with Gasteiger partial charge in [-0.1, -0.05) is 25.5 Å². The lowest BCUT2D eigenvalue weighted by Crippen LogP contribution is -2.42. The van der Waals surface area contributed by atoms with Gasteiger partial charge in [0.1, 0.15) is 5.75 Å². The number of thioether (sulfide) groups is 1. The number of phenols is 1. The summed E-state index contributed by atoms with van der Waals surface area (Å²) in [5, 5.41) is 9.47. The zero-order valence-corrected chi connectivity index (χ0v) is 11.6. The monoisotopic (exact) mass is 282 g/mol. The molecule has 3 N–H and O–H groups in total. The van der Waals surface area contributed by atoms with Crippen molar-refractivity contribution in [2.75, 3.05) is 11.5 Å². The van der Waals surface area contributed by atoms with Crippen molar-refractivity contribution in [1.82, 2.24) is 10.9 Å². The van der Waals surface area contributed by atoms with Gasteiger partial charge in [-0.2, -0.15) is 11.8 Å². The van der Waals surface area contributed by atoms with Gasteiger partial charge >= 0.3 is 0 Å². The molecule has 0 atom stereocenters. The van der Waals surface area contributed by atoms with Crippen molar-refractivity contribution in [3.63, 3.8) is 0 Å². The smallest absolute Gasteiger partial charge is 0.273 e. The topological polar surface area (TPSA) is 78.4 Å². The van der Waals surface area contributed by atoms with Gasteiger partial charge in [-0.3, -0.25) is 20.4 Å². The minimum Gasteiger partial charge on any atom is -0.507 e. The van der Waals surface area contributed by atoms with Crippen LogP contribution in [0.5, 0.6) is 5.75 Å². The van der Waals surface area contributed by atoms with E-state index in [9.17, 15) is 14.7 Å². The van der Waals surface area contributed by atoms with Gasteiger partial charge in [-0.15, -0.1) is 0 Å². The second kappa shape index (κ2) is 8.42. The van der Waals surface area contributed by atoms with E-state index in [-0.39, 0.29) is 17.2 Å². The maximum absolute atomic E-state index is 11.7. The molecule has 0 unspecified atom stereocenters. The first-order valence-corrected chi connectivity index (χ1v) is 7.25. The zero-order chi connectivity index (χ0) is 14.1. The van der Waals surface area contributed by atoms with E-state index < -0.39 is 5.91 Å². The quantitative estimate of drug-likeness (QED) is 0.548. The van der Waals surface area contributed by atoms with Crippen LogP contribution >= 0.6 is 11.8 Å². The van der Waals surface area contributed by atoms with Crippen LogP contribution in [0.1, 0.15) is 30.1 Å². The minimum absolute atomic E-state index is 0.119. The molecule has 1 aromatic rings. The molecule has 6 heteroatoms. The Bertz CT molecular complexity index is 438. The maximum atomic E-state index is 11.7. The van der Waals surface area contributed by atoms with Crippen molar-refractivity contribution in [1.29, 1.82) is 0 Å². The Morgan fingerprint density at radius 2 is 2.00 bits per heavy atom. The third kappa shape index (κ3) is 5.65. The van der Waals surface area contributed by atoms with Crippen molar-refractivity contribution < 1.29 is 14.7 Å². The van der Waals surface area contributed by atoms with Gasteiger partial charge in [0, 0.05) is 0 Å². The molecule has 1 rings (SSSR count). The number of unbranched alkanes of at least 4 members (excludes halogenated alkanes) is 1. The molecule has 0 fully saturated rings. The van der Waals surface area contributed by atoms with Gasteiger partial charge in [0.2, 0.25) is 5.91 Å². The first-order valence-electron chi connectivity index (χ1n) is 6.10. The summed E-state index contributed by atoms with van der Waals surface area (Å²) in [6, 6.07) is 6.15. The summed E-state index contributed by atoms with van der Waals surface area (Å²) in [6.45, 7) is 2.09. The average molecular weight is 282 g/mol. The van der Waals surface area contributed by atoms with Gasteiger partial charge < -0.3 is 5.11 Å². The van der Waals surface area contributed by atoms with Crippen molar-refractivity contribution in [3.05, 3.63) is 29.8 Å². The van der Waals surface area contributed by atoms with Gasteiger partial charge in [0.15, 0.2) is 0 Å². The summed E-state index contributed by atoms with van der Waals surface area (Å²) in [7, 11) is 0. The Kier molecular flexibility index (Phi) is 6.81. The molecule has 0 radical (unpaired) electrons. The highest BCUT2D eigenvalue weighted by atomic mass is 32.2. The van der Waals surface area contributed by atoms with Crippen LogP contribution in [-0.4, -0.2) is 28.4 Å². The van der Waals surface area contributed by atoms with E-state index >= 15 is 0 Å². The number of aromatic hydroxyl groups is 1. The van der Waals surface area contributed by atoms with E-state index in [0.717, 1.165) is 18.6 Å². The Morgan fingerprint density at radius 1 is 1.26 bits per heavy atom.